The highest BCUT2D eigenvalue weighted by Gasteiger charge is 2.52. The molecule has 3 fully saturated rings. The van der Waals surface area contributed by atoms with E-state index >= 15 is 0 Å². The lowest BCUT2D eigenvalue weighted by Crippen LogP contribution is -2.76. The van der Waals surface area contributed by atoms with Crippen LogP contribution >= 0.6 is 0 Å². The van der Waals surface area contributed by atoms with Gasteiger partial charge in [0.15, 0.2) is 5.78 Å². The first-order chi connectivity index (χ1) is 23.7. The van der Waals surface area contributed by atoms with Gasteiger partial charge in [-0.25, -0.2) is 14.8 Å². The van der Waals surface area contributed by atoms with Crippen LogP contribution in [0.1, 0.15) is 52.9 Å². The zero-order valence-electron chi connectivity index (χ0n) is 27.4. The number of carbonyl (C=O) groups is 4. The number of aromatic nitrogens is 1. The molecule has 2 aliphatic heterocycles. The van der Waals surface area contributed by atoms with Crippen molar-refractivity contribution in [1.29, 1.82) is 0 Å². The number of hydrogen-bond donors (Lipinski definition) is 3. The number of rotatable bonds is 10. The number of hydrogen-bond acceptors (Lipinski definition) is 6. The number of hydrazine groups is 1. The number of phenols is 1. The average molecular weight is 661 g/mol. The third kappa shape index (κ3) is 6.17. The van der Waals surface area contributed by atoms with Crippen LogP contribution in [0.25, 0.3) is 10.9 Å². The van der Waals surface area contributed by atoms with Gasteiger partial charge >= 0.3 is 6.03 Å². The Labute approximate surface area is 284 Å². The van der Waals surface area contributed by atoms with Gasteiger partial charge in [-0.05, 0) is 48.6 Å². The highest BCUT2D eigenvalue weighted by atomic mass is 16.3. The summed E-state index contributed by atoms with van der Waals surface area (Å²) in [5, 5.41) is 17.0. The fourth-order valence-corrected chi connectivity index (χ4v) is 7.18. The van der Waals surface area contributed by atoms with Crippen LogP contribution in [0.4, 0.5) is 4.79 Å². The number of aromatic hydroxyl groups is 1. The SMILES string of the molecule is C=CCN1CC(=O)N2C(Cc3ccc(O)cc3)C(=O)N(C(C)c3cccc4c(C(=O)C5CC5)c[nH]c34)CC2N1C(=O)NCc1ccccc1. The third-order valence-corrected chi connectivity index (χ3v) is 9.86. The minimum Gasteiger partial charge on any atom is -0.508 e. The molecular weight excluding hydrogens is 620 g/mol. The van der Waals surface area contributed by atoms with Gasteiger partial charge in [0.05, 0.1) is 24.6 Å². The number of phenolic OH excluding ortho intramolecular Hbond substituents is 1. The molecule has 4 amide bonds. The van der Waals surface area contributed by atoms with Crippen molar-refractivity contribution >= 4 is 34.5 Å². The lowest BCUT2D eigenvalue weighted by molar-refractivity contribution is -0.191. The molecule has 0 bridgehead atoms. The molecule has 1 aromatic heterocycles. The number of aromatic amines is 1. The minimum atomic E-state index is -0.914. The smallest absolute Gasteiger partial charge is 0.334 e. The number of nitrogens with zero attached hydrogens (tertiary/aromatic N) is 4. The molecule has 1 aliphatic carbocycles. The summed E-state index contributed by atoms with van der Waals surface area (Å²) in [5.41, 5.74) is 3.97. The second-order valence-electron chi connectivity index (χ2n) is 13.1. The maximum Gasteiger partial charge on any atom is 0.334 e. The van der Waals surface area contributed by atoms with Crippen LogP contribution in [0, 0.1) is 5.92 Å². The summed E-state index contributed by atoms with van der Waals surface area (Å²) in [6.07, 6.45) is 4.60. The summed E-state index contributed by atoms with van der Waals surface area (Å²) in [6, 6.07) is 20.2. The van der Waals surface area contributed by atoms with Crippen molar-refractivity contribution in [3.8, 4) is 5.75 Å². The van der Waals surface area contributed by atoms with E-state index in [1.54, 1.807) is 56.4 Å². The summed E-state index contributed by atoms with van der Waals surface area (Å²) in [4.78, 5) is 62.4. The highest BCUT2D eigenvalue weighted by molar-refractivity contribution is 6.10. The molecule has 0 radical (unpaired) electrons. The molecule has 11 heteroatoms. The molecule has 3 aliphatic rings. The average Bonchev–Trinajstić information content (AvgIpc) is 3.87. The van der Waals surface area contributed by atoms with E-state index < -0.39 is 24.3 Å². The van der Waals surface area contributed by atoms with Gasteiger partial charge < -0.3 is 25.2 Å². The largest absolute Gasteiger partial charge is 0.508 e. The number of fused-ring (bicyclic) bond motifs is 2. The van der Waals surface area contributed by atoms with Gasteiger partial charge in [0.25, 0.3) is 0 Å². The number of nitrogens with one attached hydrogen (secondary N) is 2. The standard InChI is InChI=1S/C38H40N6O5/c1-3-18-41-23-34(46)43-32(19-25-12-16-28(45)17-13-25)37(48)42(22-33(43)44(41)38(49)40-20-26-8-5-4-6-9-26)24(2)29-10-7-11-30-31(21-39-35(29)30)36(47)27-14-15-27/h3-13,16-17,21,24,27,32-33,39,45H,1,14-15,18-20,22-23H2,2H3,(H,40,49). The number of benzene rings is 3. The zero-order valence-corrected chi connectivity index (χ0v) is 27.4. The van der Waals surface area contributed by atoms with Crippen molar-refractivity contribution in [1.82, 2.24) is 30.1 Å². The van der Waals surface area contributed by atoms with E-state index in [0.29, 0.717) is 5.56 Å². The maximum atomic E-state index is 14.6. The number of ketones is 1. The lowest BCUT2D eigenvalue weighted by atomic mass is 9.95. The lowest BCUT2D eigenvalue weighted by Gasteiger charge is -2.56. The van der Waals surface area contributed by atoms with E-state index in [4.69, 9.17) is 0 Å². The quantitative estimate of drug-likeness (QED) is 0.166. The topological polar surface area (TPSA) is 129 Å². The van der Waals surface area contributed by atoms with Gasteiger partial charge in [-0.3, -0.25) is 14.4 Å². The molecule has 252 valence electrons. The van der Waals surface area contributed by atoms with Crippen LogP contribution in [-0.2, 0) is 22.6 Å². The van der Waals surface area contributed by atoms with Gasteiger partial charge in [-0.1, -0.05) is 66.7 Å². The van der Waals surface area contributed by atoms with Gasteiger partial charge in [0.2, 0.25) is 11.8 Å². The van der Waals surface area contributed by atoms with Gasteiger partial charge in [-0.15, -0.1) is 6.58 Å². The summed E-state index contributed by atoms with van der Waals surface area (Å²) in [6.45, 7) is 6.30. The molecule has 2 saturated heterocycles. The number of piperazine rings is 1. The molecule has 3 heterocycles. The summed E-state index contributed by atoms with van der Waals surface area (Å²) >= 11 is 0. The summed E-state index contributed by atoms with van der Waals surface area (Å²) in [5.74, 6) is -0.213. The fraction of sp³-hybridized carbons (Fsp3) is 0.316. The van der Waals surface area contributed by atoms with Crippen LogP contribution in [0.15, 0.2) is 91.6 Å². The molecule has 3 N–H and O–H groups in total. The monoisotopic (exact) mass is 660 g/mol. The van der Waals surface area contributed by atoms with E-state index in [1.165, 1.54) is 0 Å². The Balaban J connectivity index is 1.27. The Morgan fingerprint density at radius 2 is 1.78 bits per heavy atom. The second kappa shape index (κ2) is 13.2. The molecule has 3 atom stereocenters. The number of amides is 4. The van der Waals surface area contributed by atoms with Crippen LogP contribution in [0.3, 0.4) is 0 Å². The van der Waals surface area contributed by atoms with Crippen molar-refractivity contribution < 1.29 is 24.3 Å². The van der Waals surface area contributed by atoms with Crippen molar-refractivity contribution in [3.05, 3.63) is 114 Å². The molecular formula is C38H40N6O5. The van der Waals surface area contributed by atoms with Crippen molar-refractivity contribution in [3.63, 3.8) is 0 Å². The van der Waals surface area contributed by atoms with E-state index in [-0.39, 0.29) is 61.9 Å². The molecule has 11 nitrogen and oxygen atoms in total. The van der Waals surface area contributed by atoms with E-state index in [1.807, 2.05) is 55.5 Å². The van der Waals surface area contributed by atoms with Crippen LogP contribution in [0.5, 0.6) is 5.75 Å². The number of Topliss-reactive ketones (excluding diaryl/α,β-unsaturated/α-hetero) is 1. The molecule has 3 aromatic carbocycles. The highest BCUT2D eigenvalue weighted by Crippen LogP contribution is 2.38. The molecule has 7 rings (SSSR count). The zero-order chi connectivity index (χ0) is 34.2. The number of urea groups is 1. The fourth-order valence-electron chi connectivity index (χ4n) is 7.18. The van der Waals surface area contributed by atoms with E-state index in [2.05, 4.69) is 16.9 Å². The predicted octanol–water partition coefficient (Wildman–Crippen LogP) is 4.76. The Morgan fingerprint density at radius 3 is 2.49 bits per heavy atom. The molecule has 1 saturated carbocycles. The molecule has 49 heavy (non-hydrogen) atoms. The Kier molecular flexibility index (Phi) is 8.68. The summed E-state index contributed by atoms with van der Waals surface area (Å²) < 4.78 is 0. The molecule has 3 unspecified atom stereocenters. The van der Waals surface area contributed by atoms with Crippen LogP contribution in [-0.4, -0.2) is 85.4 Å². The Hall–Kier alpha value is -5.42. The predicted molar refractivity (Wildman–Crippen MR) is 184 cm³/mol. The van der Waals surface area contributed by atoms with Crippen molar-refractivity contribution in [2.24, 2.45) is 5.92 Å². The number of H-pyrrole nitrogens is 1. The second-order valence-corrected chi connectivity index (χ2v) is 13.1. The van der Waals surface area contributed by atoms with Crippen LogP contribution in [0.2, 0.25) is 0 Å². The first-order valence-electron chi connectivity index (χ1n) is 16.8. The normalized spacial score (nSPS) is 20.3. The molecule has 0 spiro atoms. The molecule has 4 aromatic rings. The van der Waals surface area contributed by atoms with E-state index in [0.717, 1.165) is 40.4 Å². The van der Waals surface area contributed by atoms with Crippen molar-refractivity contribution in [2.75, 3.05) is 19.6 Å². The van der Waals surface area contributed by atoms with Crippen LogP contribution < -0.4 is 5.32 Å². The summed E-state index contributed by atoms with van der Waals surface area (Å²) in [7, 11) is 0. The Bertz CT molecular complexity index is 1900. The Morgan fingerprint density at radius 1 is 1.02 bits per heavy atom. The first kappa shape index (κ1) is 32.1. The minimum absolute atomic E-state index is 0.0647. The maximum absolute atomic E-state index is 14.6. The van der Waals surface area contributed by atoms with Gasteiger partial charge in [0.1, 0.15) is 18.0 Å². The number of para-hydroxylation sites is 1. The number of carbonyl (C=O) groups excluding carboxylic acids is 4. The van der Waals surface area contributed by atoms with Gasteiger partial charge in [-0.2, -0.15) is 0 Å². The first-order valence-corrected chi connectivity index (χ1v) is 16.8. The van der Waals surface area contributed by atoms with E-state index in [9.17, 15) is 24.3 Å². The third-order valence-electron chi connectivity index (χ3n) is 9.86. The van der Waals surface area contributed by atoms with Gasteiger partial charge in [0, 0.05) is 42.6 Å². The van der Waals surface area contributed by atoms with Crippen molar-refractivity contribution in [2.45, 2.75) is 51.0 Å².